The molecule has 134 valence electrons. The van der Waals surface area contributed by atoms with Gasteiger partial charge in [-0.1, -0.05) is 0 Å². The predicted molar refractivity (Wildman–Crippen MR) is 80.4 cm³/mol. The van der Waals surface area contributed by atoms with Crippen LogP contribution in [0.2, 0.25) is 0 Å². The van der Waals surface area contributed by atoms with Gasteiger partial charge in [-0.15, -0.1) is 0 Å². The van der Waals surface area contributed by atoms with Crippen LogP contribution in [0.4, 0.5) is 13.2 Å². The van der Waals surface area contributed by atoms with Crippen molar-refractivity contribution < 1.29 is 22.7 Å². The second kappa shape index (κ2) is 6.06. The summed E-state index contributed by atoms with van der Waals surface area (Å²) in [6, 6.07) is 0. The second-order valence-corrected chi connectivity index (χ2v) is 6.74. The predicted octanol–water partition coefficient (Wildman–Crippen LogP) is 2.71. The molecule has 0 unspecified atom stereocenters. The number of piperidine rings is 1. The molecule has 1 aromatic heterocycles. The van der Waals surface area contributed by atoms with E-state index in [9.17, 15) is 18.0 Å². The fourth-order valence-electron chi connectivity index (χ4n) is 3.66. The van der Waals surface area contributed by atoms with Crippen molar-refractivity contribution in [2.45, 2.75) is 49.8 Å². The van der Waals surface area contributed by atoms with Gasteiger partial charge in [-0.25, -0.2) is 4.98 Å². The topological polar surface area (TPSA) is 47.4 Å². The molecule has 24 heavy (non-hydrogen) atoms. The van der Waals surface area contributed by atoms with Crippen LogP contribution in [-0.4, -0.2) is 46.2 Å². The van der Waals surface area contributed by atoms with Gasteiger partial charge in [0, 0.05) is 39.4 Å². The summed E-state index contributed by atoms with van der Waals surface area (Å²) in [6.45, 7) is 1.02. The van der Waals surface area contributed by atoms with Crippen LogP contribution in [0.25, 0.3) is 0 Å². The smallest absolute Gasteiger partial charge is 0.368 e. The maximum absolute atomic E-state index is 12.9. The summed E-state index contributed by atoms with van der Waals surface area (Å²) in [5.74, 6) is 0.170. The van der Waals surface area contributed by atoms with Crippen LogP contribution in [0, 0.1) is 0 Å². The average Bonchev–Trinajstić information content (AvgIpc) is 2.89. The Morgan fingerprint density at radius 2 is 2.08 bits per heavy atom. The fraction of sp³-hybridized carbons (Fsp3) is 0.750. The minimum Gasteiger partial charge on any atom is -0.368 e. The summed E-state index contributed by atoms with van der Waals surface area (Å²) >= 11 is 0. The molecule has 1 aliphatic carbocycles. The van der Waals surface area contributed by atoms with Crippen molar-refractivity contribution in [2.24, 2.45) is 7.05 Å². The highest BCUT2D eigenvalue weighted by molar-refractivity contribution is 5.86. The largest absolute Gasteiger partial charge is 0.434 e. The van der Waals surface area contributed by atoms with Gasteiger partial charge in [-0.2, -0.15) is 13.2 Å². The highest BCUT2D eigenvalue weighted by Gasteiger charge is 2.47. The number of amides is 1. The lowest BCUT2D eigenvalue weighted by Gasteiger charge is -2.44. The Morgan fingerprint density at radius 1 is 1.38 bits per heavy atom. The van der Waals surface area contributed by atoms with Crippen LogP contribution in [-0.2, 0) is 22.8 Å². The van der Waals surface area contributed by atoms with E-state index in [0.717, 1.165) is 25.5 Å². The van der Waals surface area contributed by atoms with E-state index in [1.807, 2.05) is 0 Å². The van der Waals surface area contributed by atoms with Crippen LogP contribution >= 0.6 is 0 Å². The van der Waals surface area contributed by atoms with Crippen molar-refractivity contribution in [2.75, 3.05) is 20.2 Å². The molecule has 1 amide bonds. The lowest BCUT2D eigenvalue weighted by atomic mass is 9.78. The van der Waals surface area contributed by atoms with E-state index < -0.39 is 17.5 Å². The van der Waals surface area contributed by atoms with E-state index in [0.29, 0.717) is 31.8 Å². The number of alkyl halides is 3. The number of methoxy groups -OCH3 is 1. The third kappa shape index (κ3) is 2.92. The zero-order valence-corrected chi connectivity index (χ0v) is 13.9. The summed E-state index contributed by atoms with van der Waals surface area (Å²) in [5, 5.41) is 0. The van der Waals surface area contributed by atoms with Crippen molar-refractivity contribution in [1.82, 2.24) is 14.5 Å². The van der Waals surface area contributed by atoms with Gasteiger partial charge in [-0.05, 0) is 32.1 Å². The number of nitrogens with zero attached hydrogens (tertiary/aromatic N) is 3. The van der Waals surface area contributed by atoms with E-state index in [4.69, 9.17) is 4.74 Å². The Morgan fingerprint density at radius 3 is 2.58 bits per heavy atom. The lowest BCUT2D eigenvalue weighted by Crippen LogP contribution is -2.56. The minimum absolute atomic E-state index is 0.0359. The Hall–Kier alpha value is -1.57. The molecule has 1 atom stereocenters. The number of halogens is 3. The van der Waals surface area contributed by atoms with E-state index >= 15 is 0 Å². The molecule has 1 aliphatic heterocycles. The first-order valence-corrected chi connectivity index (χ1v) is 8.22. The van der Waals surface area contributed by atoms with Crippen molar-refractivity contribution in [3.8, 4) is 0 Å². The van der Waals surface area contributed by atoms with Crippen LogP contribution in [0.1, 0.15) is 49.5 Å². The Bertz CT molecular complexity index is 617. The van der Waals surface area contributed by atoms with Crippen LogP contribution in [0.15, 0.2) is 6.20 Å². The van der Waals surface area contributed by atoms with E-state index in [1.165, 1.54) is 4.57 Å². The molecule has 0 bridgehead atoms. The molecular formula is C16H22F3N3O2. The maximum Gasteiger partial charge on any atom is 0.434 e. The van der Waals surface area contributed by atoms with Crippen molar-refractivity contribution in [3.63, 3.8) is 0 Å². The quantitative estimate of drug-likeness (QED) is 0.846. The van der Waals surface area contributed by atoms with Gasteiger partial charge in [0.05, 0.1) is 0 Å². The number of carbonyl (C=O) groups is 1. The van der Waals surface area contributed by atoms with E-state index in [-0.39, 0.29) is 11.8 Å². The molecule has 1 aromatic rings. The number of rotatable bonds is 3. The molecule has 2 aliphatic rings. The molecule has 0 aromatic carbocycles. The first-order chi connectivity index (χ1) is 11.3. The SMILES string of the molecule is COC1(C(=O)N2CCC[C@H](c3nc(C(F)(F)F)cn3C)C2)CCC1. The van der Waals surface area contributed by atoms with Crippen molar-refractivity contribution in [3.05, 3.63) is 17.7 Å². The van der Waals surface area contributed by atoms with E-state index in [1.54, 1.807) is 19.1 Å². The first-order valence-electron chi connectivity index (χ1n) is 8.22. The standard InChI is InChI=1S/C16H22F3N3O2/c1-21-10-12(16(17,18)19)20-13(21)11-5-3-8-22(9-11)14(23)15(24-2)6-4-7-15/h10-11H,3-9H2,1-2H3/t11-/m0/s1. The van der Waals surface area contributed by atoms with Gasteiger partial charge in [0.1, 0.15) is 11.4 Å². The lowest BCUT2D eigenvalue weighted by molar-refractivity contribution is -0.167. The Kier molecular flexibility index (Phi) is 4.36. The summed E-state index contributed by atoms with van der Waals surface area (Å²) in [4.78, 5) is 18.3. The molecule has 3 rings (SSSR count). The second-order valence-electron chi connectivity index (χ2n) is 6.74. The molecule has 2 fully saturated rings. The summed E-state index contributed by atoms with van der Waals surface area (Å²) in [5.41, 5.74) is -1.60. The number of aryl methyl sites for hydroxylation is 1. The number of hydrogen-bond donors (Lipinski definition) is 0. The fourth-order valence-corrected chi connectivity index (χ4v) is 3.66. The number of imidazole rings is 1. The number of carbonyl (C=O) groups excluding carboxylic acids is 1. The summed E-state index contributed by atoms with van der Waals surface area (Å²) in [6.07, 6.45) is 0.431. The van der Waals surface area contributed by atoms with Gasteiger partial charge in [0.25, 0.3) is 5.91 Å². The maximum atomic E-state index is 12.9. The molecule has 8 heteroatoms. The minimum atomic E-state index is -4.45. The molecule has 1 saturated carbocycles. The van der Waals surface area contributed by atoms with Gasteiger partial charge in [0.15, 0.2) is 5.69 Å². The normalized spacial score (nSPS) is 23.9. The van der Waals surface area contributed by atoms with Gasteiger partial charge >= 0.3 is 6.18 Å². The number of hydrogen-bond acceptors (Lipinski definition) is 3. The first kappa shape index (κ1) is 17.3. The monoisotopic (exact) mass is 345 g/mol. The molecule has 0 N–H and O–H groups in total. The third-order valence-electron chi connectivity index (χ3n) is 5.22. The molecule has 5 nitrogen and oxygen atoms in total. The van der Waals surface area contributed by atoms with Crippen LogP contribution < -0.4 is 0 Å². The molecule has 1 saturated heterocycles. The summed E-state index contributed by atoms with van der Waals surface area (Å²) in [7, 11) is 3.12. The number of ether oxygens (including phenoxy) is 1. The molecular weight excluding hydrogens is 323 g/mol. The number of likely N-dealkylation sites (tertiary alicyclic amines) is 1. The van der Waals surface area contributed by atoms with Crippen LogP contribution in [0.5, 0.6) is 0 Å². The van der Waals surface area contributed by atoms with Crippen molar-refractivity contribution in [1.29, 1.82) is 0 Å². The summed E-state index contributed by atoms with van der Waals surface area (Å²) < 4.78 is 45.4. The molecule has 0 radical (unpaired) electrons. The van der Waals surface area contributed by atoms with Gasteiger partial charge in [0.2, 0.25) is 0 Å². The van der Waals surface area contributed by atoms with Crippen LogP contribution in [0.3, 0.4) is 0 Å². The van der Waals surface area contributed by atoms with Gasteiger partial charge in [-0.3, -0.25) is 4.79 Å². The Balaban J connectivity index is 1.77. The number of aromatic nitrogens is 2. The average molecular weight is 345 g/mol. The Labute approximate surface area is 138 Å². The zero-order chi connectivity index (χ0) is 17.5. The third-order valence-corrected chi connectivity index (χ3v) is 5.22. The highest BCUT2D eigenvalue weighted by atomic mass is 19.4. The van der Waals surface area contributed by atoms with Crippen molar-refractivity contribution >= 4 is 5.91 Å². The van der Waals surface area contributed by atoms with Gasteiger partial charge < -0.3 is 14.2 Å². The molecule has 0 spiro atoms. The van der Waals surface area contributed by atoms with E-state index in [2.05, 4.69) is 4.98 Å². The molecule has 2 heterocycles. The highest BCUT2D eigenvalue weighted by Crippen LogP contribution is 2.39. The zero-order valence-electron chi connectivity index (χ0n) is 13.9.